The molecule has 0 N–H and O–H groups in total. The quantitative estimate of drug-likeness (QED) is 0.130. The summed E-state index contributed by atoms with van der Waals surface area (Å²) in [6, 6.07) is 0. The van der Waals surface area contributed by atoms with E-state index < -0.39 is 0 Å². The maximum atomic E-state index is 10.2. The Balaban J connectivity index is -0.0000000588. The number of rotatable bonds is 19. The van der Waals surface area contributed by atoms with Crippen LogP contribution in [0.25, 0.3) is 0 Å². The fraction of sp³-hybridized carbons (Fsp3) is 0.973. The topological polar surface area (TPSA) is 72.5 Å². The van der Waals surface area contributed by atoms with Crippen LogP contribution in [0.5, 0.6) is 0 Å². The second kappa shape index (κ2) is 61.4. The van der Waals surface area contributed by atoms with Crippen LogP contribution in [0, 0.1) is 0 Å². The largest absolute Gasteiger partial charge is 0.385 e. The molecule has 0 rings (SSSR count). The fourth-order valence-corrected chi connectivity index (χ4v) is 2.25. The summed E-state index contributed by atoms with van der Waals surface area (Å²) in [6.45, 7) is 30.0. The van der Waals surface area contributed by atoms with E-state index in [1.807, 2.05) is 48.5 Å². The molecule has 7 heteroatoms. The molecule has 0 aromatic heterocycles. The van der Waals surface area contributed by atoms with Gasteiger partial charge in [-0.3, -0.25) is 4.79 Å². The van der Waals surface area contributed by atoms with Crippen LogP contribution in [0.4, 0.5) is 0 Å². The van der Waals surface area contributed by atoms with Crippen LogP contribution < -0.4 is 0 Å². The zero-order chi connectivity index (χ0) is 34.0. The number of carbonyl (C=O) groups excluding carboxylic acids is 1. The molecule has 278 valence electrons. The van der Waals surface area contributed by atoms with Gasteiger partial charge in [0.15, 0.2) is 5.78 Å². The highest BCUT2D eigenvalue weighted by molar-refractivity contribution is 5.76. The normalized spacial score (nSPS) is 9.45. The van der Waals surface area contributed by atoms with Gasteiger partial charge in [-0.05, 0) is 88.5 Å². The lowest BCUT2D eigenvalue weighted by Crippen LogP contribution is -2.09. The van der Waals surface area contributed by atoms with Gasteiger partial charge in [0.2, 0.25) is 0 Å². The number of ketones is 1. The molecule has 0 bridgehead atoms. The number of methoxy groups -OCH3 is 3. The Bertz CT molecular complexity index is 405. The average molecular weight is 645 g/mol. The van der Waals surface area contributed by atoms with E-state index in [-0.39, 0.29) is 33.3 Å². The van der Waals surface area contributed by atoms with Crippen LogP contribution in [0.15, 0.2) is 0 Å². The predicted molar refractivity (Wildman–Crippen MR) is 198 cm³/mol. The number of unbranched alkanes of at least 4 members (excludes halogenated alkanes) is 6. The van der Waals surface area contributed by atoms with E-state index in [0.29, 0.717) is 18.3 Å². The van der Waals surface area contributed by atoms with Gasteiger partial charge in [0.1, 0.15) is 6.61 Å². The number of Topliss-reactive ketones (excluding diaryl/α,β-unsaturated/α-hetero) is 1. The van der Waals surface area contributed by atoms with Gasteiger partial charge >= 0.3 is 0 Å². The van der Waals surface area contributed by atoms with Gasteiger partial charge in [-0.15, -0.1) is 0 Å². The van der Waals surface area contributed by atoms with E-state index in [2.05, 4.69) is 34.6 Å². The lowest BCUT2D eigenvalue weighted by Gasteiger charge is -2.04. The maximum absolute atomic E-state index is 10.2. The highest BCUT2D eigenvalue weighted by Crippen LogP contribution is 1.97. The highest BCUT2D eigenvalue weighted by Gasteiger charge is 1.94. The Morgan fingerprint density at radius 2 is 0.864 bits per heavy atom. The molecule has 0 saturated carbocycles. The summed E-state index contributed by atoms with van der Waals surface area (Å²) in [5.74, 6) is 0.0821. The van der Waals surface area contributed by atoms with Crippen molar-refractivity contribution in [1.29, 1.82) is 0 Å². The SMILES string of the molecule is C.C.CC(=O)COC(C)C.CCCCCCOC.CCCCCOC.CCCCOC(C)C.CCOC(C)C.COC(C)C. The van der Waals surface area contributed by atoms with Gasteiger partial charge in [-0.1, -0.05) is 74.1 Å². The molecule has 0 aromatic carbocycles. The summed E-state index contributed by atoms with van der Waals surface area (Å²) in [5.41, 5.74) is 0. The van der Waals surface area contributed by atoms with Gasteiger partial charge in [-0.25, -0.2) is 0 Å². The number of hydrogen-bond acceptors (Lipinski definition) is 7. The third-order valence-electron chi connectivity index (χ3n) is 4.69. The summed E-state index contributed by atoms with van der Waals surface area (Å²) in [7, 11) is 5.20. The minimum Gasteiger partial charge on any atom is -0.385 e. The summed E-state index contributed by atoms with van der Waals surface area (Å²) < 4.78 is 29.8. The molecular formula is C37H88O7. The van der Waals surface area contributed by atoms with Crippen LogP contribution in [-0.2, 0) is 33.2 Å². The molecule has 0 aliphatic carbocycles. The van der Waals surface area contributed by atoms with Gasteiger partial charge in [-0.2, -0.15) is 0 Å². The van der Waals surface area contributed by atoms with E-state index in [1.165, 1.54) is 64.7 Å². The minimum atomic E-state index is 0. The third-order valence-corrected chi connectivity index (χ3v) is 4.69. The van der Waals surface area contributed by atoms with Crippen molar-refractivity contribution >= 4 is 5.78 Å². The monoisotopic (exact) mass is 645 g/mol. The molecule has 0 atom stereocenters. The van der Waals surface area contributed by atoms with Crippen LogP contribution in [0.2, 0.25) is 0 Å². The Morgan fingerprint density at radius 3 is 1.09 bits per heavy atom. The van der Waals surface area contributed by atoms with Crippen molar-refractivity contribution < 1.29 is 33.2 Å². The molecule has 44 heavy (non-hydrogen) atoms. The standard InChI is InChI=1S/2C7H16O.C6H12O2.C6H14O.C5H12O.C4H10O.2CH4/c1-4-5-6-8-7(2)3;1-3-4-5-6-7-8-2;1-5(2)8-4-6(3)7;1-3-4-5-6-7-2;1-4-6-5(2)3;1-4(2)5-3;;/h7H,4-6H2,1-3H3;3-7H2,1-2H3;5H,4H2,1-3H3;3-6H2,1-2H3;5H,4H2,1-3H3;4H,1-3H3;2*1H4. The zero-order valence-corrected chi connectivity index (χ0v) is 31.6. The number of hydrogen-bond donors (Lipinski definition) is 0. The van der Waals surface area contributed by atoms with Crippen molar-refractivity contribution in [3.63, 3.8) is 0 Å². The molecule has 0 amide bonds. The first kappa shape index (κ1) is 62.3. The van der Waals surface area contributed by atoms with E-state index >= 15 is 0 Å². The van der Waals surface area contributed by atoms with Crippen molar-refractivity contribution in [3.8, 4) is 0 Å². The molecule has 0 unspecified atom stereocenters. The van der Waals surface area contributed by atoms with Gasteiger partial charge in [0, 0.05) is 47.8 Å². The minimum absolute atomic E-state index is 0. The second-order valence-electron chi connectivity index (χ2n) is 10.9. The highest BCUT2D eigenvalue weighted by atomic mass is 16.5. The van der Waals surface area contributed by atoms with E-state index in [9.17, 15) is 4.79 Å². The predicted octanol–water partition coefficient (Wildman–Crippen LogP) is 11.0. The molecule has 0 saturated heterocycles. The van der Waals surface area contributed by atoms with Crippen molar-refractivity contribution in [3.05, 3.63) is 0 Å². The summed E-state index contributed by atoms with van der Waals surface area (Å²) in [4.78, 5) is 10.2. The van der Waals surface area contributed by atoms with E-state index in [1.54, 1.807) is 21.3 Å². The van der Waals surface area contributed by atoms with Crippen molar-refractivity contribution in [2.24, 2.45) is 0 Å². The lowest BCUT2D eigenvalue weighted by atomic mass is 10.2. The summed E-state index contributed by atoms with van der Waals surface area (Å²) >= 11 is 0. The Hall–Kier alpha value is -0.570. The Kier molecular flexibility index (Phi) is 87.0. The van der Waals surface area contributed by atoms with Crippen molar-refractivity contribution in [2.75, 3.05) is 54.4 Å². The molecule has 0 radical (unpaired) electrons. The molecule has 0 fully saturated rings. The van der Waals surface area contributed by atoms with E-state index in [0.717, 1.165) is 26.4 Å². The Labute approximate surface area is 280 Å². The molecule has 0 heterocycles. The van der Waals surface area contributed by atoms with Crippen molar-refractivity contribution in [1.82, 2.24) is 0 Å². The zero-order valence-electron chi connectivity index (χ0n) is 31.6. The number of ether oxygens (including phenoxy) is 6. The number of carbonyl (C=O) groups is 1. The summed E-state index contributed by atoms with van der Waals surface area (Å²) in [6.07, 6.45) is 12.8. The average Bonchev–Trinajstić information content (AvgIpc) is 2.92. The summed E-state index contributed by atoms with van der Waals surface area (Å²) in [5, 5.41) is 0. The van der Waals surface area contributed by atoms with Crippen LogP contribution in [0.3, 0.4) is 0 Å². The van der Waals surface area contributed by atoms with Crippen LogP contribution >= 0.6 is 0 Å². The lowest BCUT2D eigenvalue weighted by molar-refractivity contribution is -0.122. The van der Waals surface area contributed by atoms with Crippen LogP contribution in [0.1, 0.15) is 163 Å². The molecule has 0 aromatic rings. The molecule has 0 aliphatic rings. The van der Waals surface area contributed by atoms with Gasteiger partial charge in [0.25, 0.3) is 0 Å². The first-order valence-electron chi connectivity index (χ1n) is 16.6. The van der Waals surface area contributed by atoms with Crippen molar-refractivity contribution in [2.45, 2.75) is 187 Å². The second-order valence-corrected chi connectivity index (χ2v) is 10.9. The molecule has 0 spiro atoms. The van der Waals surface area contributed by atoms with E-state index in [4.69, 9.17) is 28.4 Å². The first-order valence-corrected chi connectivity index (χ1v) is 16.6. The third kappa shape index (κ3) is 123. The molecular weight excluding hydrogens is 556 g/mol. The Morgan fingerprint density at radius 1 is 0.500 bits per heavy atom. The smallest absolute Gasteiger partial charge is 0.155 e. The van der Waals surface area contributed by atoms with Crippen LogP contribution in [-0.4, -0.2) is 84.6 Å². The first-order chi connectivity index (χ1) is 19.8. The maximum Gasteiger partial charge on any atom is 0.155 e. The fourth-order valence-electron chi connectivity index (χ4n) is 2.25. The molecule has 7 nitrogen and oxygen atoms in total. The van der Waals surface area contributed by atoms with Gasteiger partial charge in [0.05, 0.1) is 24.4 Å². The van der Waals surface area contributed by atoms with Gasteiger partial charge < -0.3 is 28.4 Å². The molecule has 0 aliphatic heterocycles.